The minimum Gasteiger partial charge on any atom is -0.262 e. The molecular formula is C23H15I2N. The summed E-state index contributed by atoms with van der Waals surface area (Å²) < 4.78 is 2.30. The summed E-state index contributed by atoms with van der Waals surface area (Å²) in [7, 11) is 0. The number of aromatic nitrogens is 1. The smallest absolute Gasteiger partial charge is 0.0444 e. The molecule has 0 spiro atoms. The highest BCUT2D eigenvalue weighted by molar-refractivity contribution is 14.1. The molecule has 0 aliphatic rings. The fourth-order valence-electron chi connectivity index (χ4n) is 2.33. The number of rotatable bonds is 0. The van der Waals surface area contributed by atoms with Crippen LogP contribution < -0.4 is 0 Å². The summed E-state index contributed by atoms with van der Waals surface area (Å²) in [5, 5.41) is 0. The van der Waals surface area contributed by atoms with E-state index in [-0.39, 0.29) is 0 Å². The van der Waals surface area contributed by atoms with Gasteiger partial charge in [0.05, 0.1) is 0 Å². The highest BCUT2D eigenvalue weighted by Gasteiger charge is 1.98. The summed E-state index contributed by atoms with van der Waals surface area (Å²) in [4.78, 5) is 4.28. The second-order valence-corrected chi connectivity index (χ2v) is 8.25. The monoisotopic (exact) mass is 559 g/mol. The molecule has 126 valence electrons. The van der Waals surface area contributed by atoms with Crippen LogP contribution >= 0.6 is 45.2 Å². The Balaban J connectivity index is 1.89. The number of nitrogens with zero attached hydrogens (tertiary/aromatic N) is 1. The average molecular weight is 559 g/mol. The van der Waals surface area contributed by atoms with E-state index in [2.05, 4.69) is 124 Å². The molecular weight excluding hydrogens is 544 g/mol. The normalized spacial score (nSPS) is 9.69. The molecule has 3 aromatic rings. The van der Waals surface area contributed by atoms with Crippen molar-refractivity contribution in [2.75, 3.05) is 0 Å². The van der Waals surface area contributed by atoms with Crippen LogP contribution in [0.4, 0.5) is 0 Å². The fraction of sp³-hybridized carbons (Fsp3) is 0.0870. The van der Waals surface area contributed by atoms with Crippen molar-refractivity contribution in [1.82, 2.24) is 4.98 Å². The number of hydrogen-bond donors (Lipinski definition) is 0. The molecule has 0 aliphatic heterocycles. The highest BCUT2D eigenvalue weighted by Crippen LogP contribution is 2.14. The lowest BCUT2D eigenvalue weighted by Crippen LogP contribution is -1.86. The molecule has 1 nitrogen and oxygen atoms in total. The van der Waals surface area contributed by atoms with E-state index in [1.807, 2.05) is 6.07 Å². The van der Waals surface area contributed by atoms with Crippen LogP contribution in [-0.4, -0.2) is 4.98 Å². The standard InChI is InChI=1S/C23H15I2N/c1-16-3-9-22(24)20(11-16)7-5-18-13-19(15-26-14-18)6-8-21-12-17(2)4-10-23(21)25/h3-4,9-15H,1-2H3. The van der Waals surface area contributed by atoms with Gasteiger partial charge in [-0.1, -0.05) is 35.8 Å². The van der Waals surface area contributed by atoms with E-state index in [9.17, 15) is 0 Å². The van der Waals surface area contributed by atoms with Gasteiger partial charge in [-0.05, 0) is 100 Å². The third-order valence-electron chi connectivity index (χ3n) is 3.66. The van der Waals surface area contributed by atoms with Gasteiger partial charge in [-0.2, -0.15) is 0 Å². The Morgan fingerprint density at radius 1 is 0.654 bits per heavy atom. The summed E-state index contributed by atoms with van der Waals surface area (Å²) in [6.45, 7) is 4.15. The van der Waals surface area contributed by atoms with Crippen LogP contribution in [0.25, 0.3) is 0 Å². The van der Waals surface area contributed by atoms with Gasteiger partial charge in [0.1, 0.15) is 0 Å². The van der Waals surface area contributed by atoms with Crippen LogP contribution in [0, 0.1) is 44.7 Å². The van der Waals surface area contributed by atoms with Gasteiger partial charge in [-0.3, -0.25) is 4.98 Å². The molecule has 0 saturated carbocycles. The summed E-state index contributed by atoms with van der Waals surface area (Å²) in [5.74, 6) is 12.9. The zero-order valence-corrected chi connectivity index (χ0v) is 18.7. The maximum Gasteiger partial charge on any atom is 0.0444 e. The summed E-state index contributed by atoms with van der Waals surface area (Å²) in [6, 6.07) is 14.6. The van der Waals surface area contributed by atoms with Gasteiger partial charge in [0.15, 0.2) is 0 Å². The number of pyridine rings is 1. The largest absolute Gasteiger partial charge is 0.262 e. The van der Waals surface area contributed by atoms with E-state index in [0.29, 0.717) is 0 Å². The number of hydrogen-bond acceptors (Lipinski definition) is 1. The molecule has 0 N–H and O–H groups in total. The lowest BCUT2D eigenvalue weighted by Gasteiger charge is -1.98. The Kier molecular flexibility index (Phi) is 6.34. The fourth-order valence-corrected chi connectivity index (χ4v) is 3.27. The van der Waals surface area contributed by atoms with Gasteiger partial charge < -0.3 is 0 Å². The van der Waals surface area contributed by atoms with Gasteiger partial charge in [-0.25, -0.2) is 0 Å². The molecule has 1 heterocycles. The quantitative estimate of drug-likeness (QED) is 0.254. The first-order valence-corrected chi connectivity index (χ1v) is 10.2. The molecule has 0 unspecified atom stereocenters. The van der Waals surface area contributed by atoms with Crippen molar-refractivity contribution in [2.45, 2.75) is 13.8 Å². The Morgan fingerprint density at radius 2 is 1.12 bits per heavy atom. The van der Waals surface area contributed by atoms with Gasteiger partial charge in [-0.15, -0.1) is 0 Å². The van der Waals surface area contributed by atoms with E-state index in [1.54, 1.807) is 12.4 Å². The van der Waals surface area contributed by atoms with Gasteiger partial charge in [0.2, 0.25) is 0 Å². The van der Waals surface area contributed by atoms with E-state index >= 15 is 0 Å². The van der Waals surface area contributed by atoms with Crippen LogP contribution in [0.15, 0.2) is 54.9 Å². The van der Waals surface area contributed by atoms with Crippen molar-refractivity contribution in [1.29, 1.82) is 0 Å². The second kappa shape index (κ2) is 8.70. The van der Waals surface area contributed by atoms with Crippen molar-refractivity contribution >= 4 is 45.2 Å². The molecule has 2 aromatic carbocycles. The number of halogens is 2. The van der Waals surface area contributed by atoms with E-state index in [0.717, 1.165) is 29.4 Å². The van der Waals surface area contributed by atoms with Crippen molar-refractivity contribution in [3.05, 3.63) is 95.4 Å². The first-order valence-electron chi connectivity index (χ1n) is 8.03. The Labute approximate surface area is 181 Å². The summed E-state index contributed by atoms with van der Waals surface area (Å²) >= 11 is 4.62. The molecule has 3 rings (SSSR count). The minimum atomic E-state index is 0.869. The molecule has 3 heteroatoms. The number of aryl methyl sites for hydroxylation is 2. The minimum absolute atomic E-state index is 0.869. The third kappa shape index (κ3) is 5.09. The molecule has 0 amide bonds. The van der Waals surface area contributed by atoms with Crippen LogP contribution in [0.1, 0.15) is 33.4 Å². The number of benzene rings is 2. The van der Waals surface area contributed by atoms with Crippen LogP contribution in [0.2, 0.25) is 0 Å². The van der Waals surface area contributed by atoms with E-state index < -0.39 is 0 Å². The van der Waals surface area contributed by atoms with Gasteiger partial charge in [0, 0.05) is 41.8 Å². The zero-order chi connectivity index (χ0) is 18.5. The predicted octanol–water partition coefficient (Wildman–Crippen LogP) is 5.71. The van der Waals surface area contributed by atoms with Crippen molar-refractivity contribution in [3.63, 3.8) is 0 Å². The van der Waals surface area contributed by atoms with Crippen molar-refractivity contribution < 1.29 is 0 Å². The Hall–Kier alpha value is -1.83. The molecule has 0 bridgehead atoms. The Morgan fingerprint density at radius 3 is 1.58 bits per heavy atom. The van der Waals surface area contributed by atoms with Crippen LogP contribution in [0.5, 0.6) is 0 Å². The summed E-state index contributed by atoms with van der Waals surface area (Å²) in [5.41, 5.74) is 6.23. The van der Waals surface area contributed by atoms with Crippen molar-refractivity contribution in [3.8, 4) is 23.7 Å². The lowest BCUT2D eigenvalue weighted by atomic mass is 10.1. The average Bonchev–Trinajstić information content (AvgIpc) is 2.63. The first kappa shape index (κ1) is 18.9. The highest BCUT2D eigenvalue weighted by atomic mass is 127. The maximum atomic E-state index is 4.28. The van der Waals surface area contributed by atoms with E-state index in [1.165, 1.54) is 11.1 Å². The van der Waals surface area contributed by atoms with Crippen molar-refractivity contribution in [2.24, 2.45) is 0 Å². The summed E-state index contributed by atoms with van der Waals surface area (Å²) in [6.07, 6.45) is 3.55. The zero-order valence-electron chi connectivity index (χ0n) is 14.4. The van der Waals surface area contributed by atoms with Crippen LogP contribution in [0.3, 0.4) is 0 Å². The maximum absolute atomic E-state index is 4.28. The molecule has 0 radical (unpaired) electrons. The molecule has 0 fully saturated rings. The lowest BCUT2D eigenvalue weighted by molar-refractivity contribution is 1.30. The van der Waals surface area contributed by atoms with Crippen LogP contribution in [-0.2, 0) is 0 Å². The third-order valence-corrected chi connectivity index (χ3v) is 5.55. The topological polar surface area (TPSA) is 12.9 Å². The molecule has 0 atom stereocenters. The van der Waals surface area contributed by atoms with Gasteiger partial charge >= 0.3 is 0 Å². The first-order chi connectivity index (χ1) is 12.5. The SMILES string of the molecule is Cc1ccc(I)c(C#Cc2cncc(C#Cc3cc(C)ccc3I)c2)c1. The Bertz CT molecular complexity index is 1010. The molecule has 0 saturated heterocycles. The predicted molar refractivity (Wildman–Crippen MR) is 124 cm³/mol. The van der Waals surface area contributed by atoms with E-state index in [4.69, 9.17) is 0 Å². The second-order valence-electron chi connectivity index (χ2n) is 5.93. The molecule has 0 aliphatic carbocycles. The molecule has 26 heavy (non-hydrogen) atoms. The van der Waals surface area contributed by atoms with Gasteiger partial charge in [0.25, 0.3) is 0 Å². The molecule has 1 aromatic heterocycles.